The molecule has 0 bridgehead atoms. The molecular formula is C16H26N2. The maximum atomic E-state index is 3.64. The van der Waals surface area contributed by atoms with E-state index in [1.165, 1.54) is 18.4 Å². The van der Waals surface area contributed by atoms with Gasteiger partial charge in [-0.15, -0.1) is 0 Å². The summed E-state index contributed by atoms with van der Waals surface area (Å²) in [7, 11) is 0. The van der Waals surface area contributed by atoms with Crippen LogP contribution in [-0.4, -0.2) is 25.2 Å². The molecule has 2 nitrogen and oxygen atoms in total. The van der Waals surface area contributed by atoms with Crippen molar-refractivity contribution in [1.82, 2.24) is 10.6 Å². The van der Waals surface area contributed by atoms with Gasteiger partial charge in [0.2, 0.25) is 0 Å². The minimum absolute atomic E-state index is 0.190. The summed E-state index contributed by atoms with van der Waals surface area (Å²) in [6.07, 6.45) is 2.73. The number of hydrogen-bond donors (Lipinski definition) is 2. The van der Waals surface area contributed by atoms with Crippen LogP contribution in [0.3, 0.4) is 0 Å². The second-order valence-electron chi connectivity index (χ2n) is 6.21. The molecule has 1 aliphatic carbocycles. The van der Waals surface area contributed by atoms with Gasteiger partial charge in [-0.1, -0.05) is 44.2 Å². The second kappa shape index (κ2) is 5.85. The van der Waals surface area contributed by atoms with E-state index in [1.54, 1.807) is 0 Å². The van der Waals surface area contributed by atoms with Gasteiger partial charge in [0.05, 0.1) is 0 Å². The van der Waals surface area contributed by atoms with Gasteiger partial charge in [-0.2, -0.15) is 0 Å². The van der Waals surface area contributed by atoms with E-state index in [-0.39, 0.29) is 5.41 Å². The van der Waals surface area contributed by atoms with Crippen molar-refractivity contribution in [2.45, 2.75) is 51.1 Å². The Morgan fingerprint density at radius 2 is 1.89 bits per heavy atom. The first kappa shape index (κ1) is 13.6. The molecule has 2 rings (SSSR count). The topological polar surface area (TPSA) is 24.1 Å². The van der Waals surface area contributed by atoms with Crippen LogP contribution in [0.1, 0.15) is 39.2 Å². The van der Waals surface area contributed by atoms with Crippen LogP contribution in [-0.2, 0) is 5.41 Å². The van der Waals surface area contributed by atoms with Gasteiger partial charge in [0.15, 0.2) is 0 Å². The molecule has 1 fully saturated rings. The predicted molar refractivity (Wildman–Crippen MR) is 78.0 cm³/mol. The normalized spacial score (nSPS) is 17.7. The first-order valence-electron chi connectivity index (χ1n) is 7.10. The van der Waals surface area contributed by atoms with Gasteiger partial charge in [0, 0.05) is 30.6 Å². The van der Waals surface area contributed by atoms with Crippen molar-refractivity contribution >= 4 is 0 Å². The van der Waals surface area contributed by atoms with Crippen LogP contribution in [0, 0.1) is 0 Å². The van der Waals surface area contributed by atoms with Crippen LogP contribution in [0.5, 0.6) is 0 Å². The summed E-state index contributed by atoms with van der Waals surface area (Å²) < 4.78 is 0. The molecular weight excluding hydrogens is 220 g/mol. The largest absolute Gasteiger partial charge is 0.312 e. The molecule has 1 aliphatic rings. The Morgan fingerprint density at radius 1 is 1.22 bits per heavy atom. The summed E-state index contributed by atoms with van der Waals surface area (Å²) in [6.45, 7) is 8.96. The highest BCUT2D eigenvalue weighted by atomic mass is 15.0. The minimum Gasteiger partial charge on any atom is -0.312 e. The molecule has 0 amide bonds. The Morgan fingerprint density at radius 3 is 2.50 bits per heavy atom. The van der Waals surface area contributed by atoms with Crippen LogP contribution < -0.4 is 10.6 Å². The summed E-state index contributed by atoms with van der Waals surface area (Å²) >= 11 is 0. The van der Waals surface area contributed by atoms with Crippen molar-refractivity contribution in [1.29, 1.82) is 0 Å². The average molecular weight is 246 g/mol. The molecule has 1 saturated carbocycles. The molecule has 1 aromatic rings. The molecule has 0 heterocycles. The molecule has 0 aliphatic heterocycles. The second-order valence-corrected chi connectivity index (χ2v) is 6.21. The Balaban J connectivity index is 1.76. The van der Waals surface area contributed by atoms with Crippen molar-refractivity contribution in [2.75, 3.05) is 13.1 Å². The van der Waals surface area contributed by atoms with Gasteiger partial charge in [-0.25, -0.2) is 0 Å². The van der Waals surface area contributed by atoms with Crippen LogP contribution in [0.4, 0.5) is 0 Å². The summed E-state index contributed by atoms with van der Waals surface area (Å²) in [5.41, 5.74) is 1.59. The lowest BCUT2D eigenvalue weighted by Gasteiger charge is -2.28. The zero-order valence-electron chi connectivity index (χ0n) is 11.9. The van der Waals surface area contributed by atoms with Gasteiger partial charge < -0.3 is 10.6 Å². The van der Waals surface area contributed by atoms with Crippen molar-refractivity contribution in [3.05, 3.63) is 35.9 Å². The summed E-state index contributed by atoms with van der Waals surface area (Å²) in [6, 6.07) is 12.1. The minimum atomic E-state index is 0.190. The van der Waals surface area contributed by atoms with Crippen LogP contribution in [0.2, 0.25) is 0 Å². The zero-order valence-corrected chi connectivity index (χ0v) is 11.9. The van der Waals surface area contributed by atoms with E-state index in [9.17, 15) is 0 Å². The maximum absolute atomic E-state index is 3.64. The fourth-order valence-electron chi connectivity index (χ4n) is 2.12. The third-order valence-corrected chi connectivity index (χ3v) is 3.74. The molecule has 1 unspecified atom stereocenters. The van der Waals surface area contributed by atoms with Crippen molar-refractivity contribution in [3.63, 3.8) is 0 Å². The lowest BCUT2D eigenvalue weighted by Crippen LogP contribution is -2.43. The monoisotopic (exact) mass is 246 g/mol. The third kappa shape index (κ3) is 4.11. The summed E-state index contributed by atoms with van der Waals surface area (Å²) in [5.74, 6) is 0. The highest BCUT2D eigenvalue weighted by molar-refractivity contribution is 5.23. The Hall–Kier alpha value is -0.860. The van der Waals surface area contributed by atoms with E-state index in [1.807, 2.05) is 0 Å². The molecule has 1 aromatic carbocycles. The summed E-state index contributed by atoms with van der Waals surface area (Å²) in [5, 5.41) is 7.21. The van der Waals surface area contributed by atoms with E-state index in [0.717, 1.165) is 19.1 Å². The lowest BCUT2D eigenvalue weighted by atomic mass is 9.84. The maximum Gasteiger partial charge on any atom is 0.0164 e. The predicted octanol–water partition coefficient (Wildman–Crippen LogP) is 2.69. The molecule has 2 N–H and O–H groups in total. The van der Waals surface area contributed by atoms with E-state index >= 15 is 0 Å². The van der Waals surface area contributed by atoms with Crippen molar-refractivity contribution in [3.8, 4) is 0 Å². The average Bonchev–Trinajstić information content (AvgIpc) is 3.19. The molecule has 1 atom stereocenters. The zero-order chi connectivity index (χ0) is 13.0. The quantitative estimate of drug-likeness (QED) is 0.773. The first-order valence-corrected chi connectivity index (χ1v) is 7.10. The standard InChI is InChI=1S/C16H26N2/c1-13(11-17-15-9-10-15)18-12-16(2,3)14-7-5-4-6-8-14/h4-8,13,15,17-18H,9-12H2,1-3H3. The SMILES string of the molecule is CC(CNC1CC1)NCC(C)(C)c1ccccc1. The fourth-order valence-corrected chi connectivity index (χ4v) is 2.12. The smallest absolute Gasteiger partial charge is 0.0164 e. The highest BCUT2D eigenvalue weighted by Gasteiger charge is 2.23. The Kier molecular flexibility index (Phi) is 4.41. The van der Waals surface area contributed by atoms with E-state index in [0.29, 0.717) is 6.04 Å². The molecule has 2 heteroatoms. The Labute approximate surface area is 111 Å². The number of nitrogens with one attached hydrogen (secondary N) is 2. The van der Waals surface area contributed by atoms with E-state index in [4.69, 9.17) is 0 Å². The van der Waals surface area contributed by atoms with Crippen LogP contribution in [0.15, 0.2) is 30.3 Å². The Bertz CT molecular complexity index is 355. The number of hydrogen-bond acceptors (Lipinski definition) is 2. The molecule has 0 spiro atoms. The third-order valence-electron chi connectivity index (χ3n) is 3.74. The highest BCUT2D eigenvalue weighted by Crippen LogP contribution is 2.22. The molecule has 0 saturated heterocycles. The van der Waals surface area contributed by atoms with Gasteiger partial charge in [0.25, 0.3) is 0 Å². The van der Waals surface area contributed by atoms with Crippen LogP contribution >= 0.6 is 0 Å². The van der Waals surface area contributed by atoms with Crippen LogP contribution in [0.25, 0.3) is 0 Å². The lowest BCUT2D eigenvalue weighted by molar-refractivity contribution is 0.416. The number of benzene rings is 1. The first-order chi connectivity index (χ1) is 8.58. The molecule has 100 valence electrons. The molecule has 0 radical (unpaired) electrons. The molecule has 0 aromatic heterocycles. The van der Waals surface area contributed by atoms with Crippen molar-refractivity contribution in [2.24, 2.45) is 0 Å². The van der Waals surface area contributed by atoms with Crippen molar-refractivity contribution < 1.29 is 0 Å². The fraction of sp³-hybridized carbons (Fsp3) is 0.625. The van der Waals surface area contributed by atoms with E-state index in [2.05, 4.69) is 61.7 Å². The number of rotatable bonds is 7. The van der Waals surface area contributed by atoms with Gasteiger partial charge in [-0.05, 0) is 25.3 Å². The van der Waals surface area contributed by atoms with Gasteiger partial charge in [-0.3, -0.25) is 0 Å². The van der Waals surface area contributed by atoms with Gasteiger partial charge >= 0.3 is 0 Å². The summed E-state index contributed by atoms with van der Waals surface area (Å²) in [4.78, 5) is 0. The molecule has 18 heavy (non-hydrogen) atoms. The van der Waals surface area contributed by atoms with Gasteiger partial charge in [0.1, 0.15) is 0 Å². The van der Waals surface area contributed by atoms with E-state index < -0.39 is 0 Å².